The van der Waals surface area contributed by atoms with Crippen molar-refractivity contribution in [2.45, 2.75) is 64.1 Å². The number of anilines is 1. The van der Waals surface area contributed by atoms with Gasteiger partial charge in [0.05, 0.1) is 11.9 Å². The molecular weight excluding hydrogens is 549 g/mol. The summed E-state index contributed by atoms with van der Waals surface area (Å²) in [5.74, 6) is -1.12. The van der Waals surface area contributed by atoms with Crippen LogP contribution >= 0.6 is 15.9 Å². The number of sulfonamides is 1. The van der Waals surface area contributed by atoms with Crippen molar-refractivity contribution in [3.63, 3.8) is 0 Å². The van der Waals surface area contributed by atoms with E-state index in [0.717, 1.165) is 46.3 Å². The van der Waals surface area contributed by atoms with Gasteiger partial charge in [-0.05, 0) is 56.0 Å². The highest BCUT2D eigenvalue weighted by Crippen LogP contribution is 2.23. The SMILES string of the molecule is C[C@H](C(=O)NC1CCCC1)N(Cc1cccc(Br)c1)C(=O)CCCN(c1ccccc1F)S(C)(=O)=O. The highest BCUT2D eigenvalue weighted by atomic mass is 79.9. The molecule has 1 N–H and O–H groups in total. The van der Waals surface area contributed by atoms with Crippen LogP contribution in [0.25, 0.3) is 0 Å². The maximum absolute atomic E-state index is 14.3. The number of hydrogen-bond acceptors (Lipinski definition) is 4. The molecule has 0 heterocycles. The fourth-order valence-corrected chi connectivity index (χ4v) is 5.86. The standard InChI is InChI=1S/C26H33BrFN3O4S/c1-19(26(33)29-22-11-3-4-12-22)30(18-20-9-7-10-21(27)17-20)25(32)15-8-16-31(36(2,34)35)24-14-6-5-13-23(24)28/h5-7,9-10,13-14,17,19,22H,3-4,8,11-12,15-16,18H2,1-2H3,(H,29,33)/t19-/m1/s1. The van der Waals surface area contributed by atoms with Crippen molar-refractivity contribution < 1.29 is 22.4 Å². The van der Waals surface area contributed by atoms with Crippen LogP contribution in [0.15, 0.2) is 53.0 Å². The van der Waals surface area contributed by atoms with E-state index in [-0.39, 0.29) is 49.5 Å². The van der Waals surface area contributed by atoms with Crippen LogP contribution in [0.2, 0.25) is 0 Å². The van der Waals surface area contributed by atoms with Crippen molar-refractivity contribution in [3.8, 4) is 0 Å². The first-order valence-corrected chi connectivity index (χ1v) is 14.8. The number of rotatable bonds is 11. The number of hydrogen-bond donors (Lipinski definition) is 1. The Morgan fingerprint density at radius 2 is 1.83 bits per heavy atom. The van der Waals surface area contributed by atoms with Crippen LogP contribution < -0.4 is 9.62 Å². The van der Waals surface area contributed by atoms with Crippen molar-refractivity contribution in [3.05, 3.63) is 64.4 Å². The van der Waals surface area contributed by atoms with Crippen LogP contribution in [-0.2, 0) is 26.2 Å². The van der Waals surface area contributed by atoms with Crippen molar-refractivity contribution >= 4 is 43.5 Å². The maximum atomic E-state index is 14.3. The van der Waals surface area contributed by atoms with E-state index in [2.05, 4.69) is 21.2 Å². The second kappa shape index (κ2) is 12.7. The van der Waals surface area contributed by atoms with Gasteiger partial charge in [0.1, 0.15) is 11.9 Å². The van der Waals surface area contributed by atoms with Crippen LogP contribution in [0.4, 0.5) is 10.1 Å². The largest absolute Gasteiger partial charge is 0.352 e. The second-order valence-corrected chi connectivity index (χ2v) is 12.0. The molecule has 2 amide bonds. The van der Waals surface area contributed by atoms with Gasteiger partial charge in [-0.1, -0.05) is 53.0 Å². The zero-order chi connectivity index (χ0) is 26.3. The highest BCUT2D eigenvalue weighted by Gasteiger charge is 2.29. The molecule has 1 aliphatic carbocycles. The van der Waals surface area contributed by atoms with E-state index < -0.39 is 21.9 Å². The lowest BCUT2D eigenvalue weighted by atomic mass is 10.1. The van der Waals surface area contributed by atoms with Crippen molar-refractivity contribution in [1.82, 2.24) is 10.2 Å². The molecule has 0 aliphatic heterocycles. The van der Waals surface area contributed by atoms with E-state index in [1.165, 1.54) is 23.1 Å². The van der Waals surface area contributed by atoms with Crippen molar-refractivity contribution in [2.75, 3.05) is 17.1 Å². The van der Waals surface area contributed by atoms with Gasteiger partial charge >= 0.3 is 0 Å². The Bertz CT molecular complexity index is 1170. The zero-order valence-corrected chi connectivity index (χ0v) is 23.0. The van der Waals surface area contributed by atoms with Gasteiger partial charge < -0.3 is 10.2 Å². The van der Waals surface area contributed by atoms with E-state index in [0.29, 0.717) is 0 Å². The molecular formula is C26H33BrFN3O4S. The monoisotopic (exact) mass is 581 g/mol. The number of benzene rings is 2. The smallest absolute Gasteiger partial charge is 0.242 e. The topological polar surface area (TPSA) is 86.8 Å². The average Bonchev–Trinajstić information content (AvgIpc) is 3.33. The second-order valence-electron chi connectivity index (χ2n) is 9.21. The van der Waals surface area contributed by atoms with Crippen LogP contribution in [0.5, 0.6) is 0 Å². The van der Waals surface area contributed by atoms with E-state index in [1.807, 2.05) is 24.3 Å². The first-order valence-electron chi connectivity index (χ1n) is 12.1. The number of halogens is 2. The molecule has 0 bridgehead atoms. The lowest BCUT2D eigenvalue weighted by Crippen LogP contribution is -2.49. The number of nitrogens with one attached hydrogen (secondary N) is 1. The summed E-state index contributed by atoms with van der Waals surface area (Å²) in [6, 6.07) is 12.6. The fourth-order valence-electron chi connectivity index (χ4n) is 4.44. The molecule has 2 aromatic rings. The number of nitrogens with zero attached hydrogens (tertiary/aromatic N) is 2. The van der Waals surface area contributed by atoms with Gasteiger partial charge in [0.15, 0.2) is 0 Å². The fraction of sp³-hybridized carbons (Fsp3) is 0.462. The molecule has 36 heavy (non-hydrogen) atoms. The lowest BCUT2D eigenvalue weighted by Gasteiger charge is -2.30. The molecule has 1 saturated carbocycles. The van der Waals surface area contributed by atoms with Crippen LogP contribution in [-0.4, -0.2) is 50.0 Å². The Morgan fingerprint density at radius 3 is 2.47 bits per heavy atom. The Morgan fingerprint density at radius 1 is 1.14 bits per heavy atom. The first-order chi connectivity index (χ1) is 17.1. The molecule has 10 heteroatoms. The first kappa shape index (κ1) is 28.1. The van der Waals surface area contributed by atoms with Crippen molar-refractivity contribution in [1.29, 1.82) is 0 Å². The van der Waals surface area contributed by atoms with Gasteiger partial charge in [0.25, 0.3) is 0 Å². The maximum Gasteiger partial charge on any atom is 0.242 e. The minimum Gasteiger partial charge on any atom is -0.352 e. The molecule has 1 aliphatic rings. The number of carbonyl (C=O) groups is 2. The summed E-state index contributed by atoms with van der Waals surface area (Å²) in [4.78, 5) is 27.9. The van der Waals surface area contributed by atoms with E-state index in [9.17, 15) is 22.4 Å². The molecule has 0 unspecified atom stereocenters. The molecule has 0 radical (unpaired) electrons. The number of carbonyl (C=O) groups excluding carboxylic acids is 2. The van der Waals surface area contributed by atoms with Gasteiger partial charge in [0, 0.05) is 30.0 Å². The van der Waals surface area contributed by atoms with E-state index in [1.54, 1.807) is 13.0 Å². The van der Waals surface area contributed by atoms with Crippen molar-refractivity contribution in [2.24, 2.45) is 0 Å². The van der Waals surface area contributed by atoms with Crippen LogP contribution in [0.1, 0.15) is 51.0 Å². The minimum absolute atomic E-state index is 0.00945. The van der Waals surface area contributed by atoms with Gasteiger partial charge in [-0.15, -0.1) is 0 Å². The highest BCUT2D eigenvalue weighted by molar-refractivity contribution is 9.10. The average molecular weight is 583 g/mol. The number of para-hydroxylation sites is 1. The van der Waals surface area contributed by atoms with Crippen LogP contribution in [0.3, 0.4) is 0 Å². The van der Waals surface area contributed by atoms with Gasteiger partial charge in [-0.25, -0.2) is 12.8 Å². The van der Waals surface area contributed by atoms with Gasteiger partial charge in [-0.2, -0.15) is 0 Å². The predicted molar refractivity (Wildman–Crippen MR) is 142 cm³/mol. The Kier molecular flexibility index (Phi) is 9.90. The molecule has 3 rings (SSSR count). The summed E-state index contributed by atoms with van der Waals surface area (Å²) in [5.41, 5.74) is 0.810. The summed E-state index contributed by atoms with van der Waals surface area (Å²) in [6.07, 6.45) is 5.24. The van der Waals surface area contributed by atoms with E-state index >= 15 is 0 Å². The Labute approximate surface area is 221 Å². The third-order valence-electron chi connectivity index (χ3n) is 6.38. The molecule has 7 nitrogen and oxygen atoms in total. The summed E-state index contributed by atoms with van der Waals surface area (Å²) in [7, 11) is -3.76. The normalized spacial score (nSPS) is 14.9. The molecule has 0 saturated heterocycles. The summed E-state index contributed by atoms with van der Waals surface area (Å²) in [6.45, 7) is 1.89. The Balaban J connectivity index is 1.72. The zero-order valence-electron chi connectivity index (χ0n) is 20.6. The summed E-state index contributed by atoms with van der Waals surface area (Å²) < 4.78 is 40.8. The van der Waals surface area contributed by atoms with Crippen LogP contribution in [0, 0.1) is 5.82 Å². The quantitative estimate of drug-likeness (QED) is 0.420. The molecule has 196 valence electrons. The Hall–Kier alpha value is -2.46. The summed E-state index contributed by atoms with van der Waals surface area (Å²) >= 11 is 3.44. The molecule has 2 aromatic carbocycles. The third-order valence-corrected chi connectivity index (χ3v) is 8.06. The molecule has 0 aromatic heterocycles. The van der Waals surface area contributed by atoms with Gasteiger partial charge in [-0.3, -0.25) is 13.9 Å². The molecule has 1 fully saturated rings. The lowest BCUT2D eigenvalue weighted by molar-refractivity contribution is -0.141. The van der Waals surface area contributed by atoms with E-state index in [4.69, 9.17) is 0 Å². The molecule has 0 spiro atoms. The van der Waals surface area contributed by atoms with Gasteiger partial charge in [0.2, 0.25) is 21.8 Å². The summed E-state index contributed by atoms with van der Waals surface area (Å²) in [5, 5.41) is 3.06. The number of amides is 2. The third kappa shape index (κ3) is 7.77. The molecule has 1 atom stereocenters. The minimum atomic E-state index is -3.76. The predicted octanol–water partition coefficient (Wildman–Crippen LogP) is 4.61.